The van der Waals surface area contributed by atoms with Crippen molar-refractivity contribution in [1.29, 1.82) is 0 Å². The lowest BCUT2D eigenvalue weighted by atomic mass is 10.2. The molecule has 0 saturated carbocycles. The molecule has 2 N–H and O–H groups in total. The molecule has 0 aliphatic carbocycles. The molecule has 158 valence electrons. The van der Waals surface area contributed by atoms with Gasteiger partial charge in [0.1, 0.15) is 12.7 Å². The van der Waals surface area contributed by atoms with Gasteiger partial charge in [-0.15, -0.1) is 11.3 Å². The van der Waals surface area contributed by atoms with Gasteiger partial charge in [-0.05, 0) is 36.4 Å². The Bertz CT molecular complexity index is 965. The smallest absolute Gasteiger partial charge is 0.414 e. The van der Waals surface area contributed by atoms with Crippen LogP contribution in [0.15, 0.2) is 36.4 Å². The highest BCUT2D eigenvalue weighted by molar-refractivity contribution is 7.18. The minimum absolute atomic E-state index is 0.0428. The molecule has 9 nitrogen and oxygen atoms in total. The molecule has 2 saturated heterocycles. The molecule has 2 atom stereocenters. The summed E-state index contributed by atoms with van der Waals surface area (Å²) in [7, 11) is 0. The van der Waals surface area contributed by atoms with Crippen LogP contribution in [0, 0.1) is 0 Å². The number of rotatable bonds is 5. The molecule has 0 spiro atoms. The molecule has 2 aliphatic heterocycles. The predicted molar refractivity (Wildman–Crippen MR) is 110 cm³/mol. The molecule has 2 fully saturated rings. The van der Waals surface area contributed by atoms with Gasteiger partial charge in [0.25, 0.3) is 11.8 Å². The molecule has 2 aliphatic rings. The lowest BCUT2D eigenvalue weighted by Crippen LogP contribution is -2.46. The van der Waals surface area contributed by atoms with Gasteiger partial charge in [-0.3, -0.25) is 14.5 Å². The minimum Gasteiger partial charge on any atom is -0.442 e. The molecule has 4 rings (SSSR count). The molecular formula is C19H18ClN3O6S. The summed E-state index contributed by atoms with van der Waals surface area (Å²) in [6, 6.07) is 10.0. The van der Waals surface area contributed by atoms with E-state index in [9.17, 15) is 19.5 Å². The van der Waals surface area contributed by atoms with E-state index < -0.39 is 18.5 Å². The fourth-order valence-corrected chi connectivity index (χ4v) is 4.15. The molecule has 0 bridgehead atoms. The van der Waals surface area contributed by atoms with Crippen LogP contribution in [0.3, 0.4) is 0 Å². The number of thiophene rings is 1. The van der Waals surface area contributed by atoms with Crippen LogP contribution in [0.1, 0.15) is 9.67 Å². The number of β-amino-alcohol motifs (C(OH)–C–C–N with tert-alkyl or cyclic N) is 1. The number of nitrogens with zero attached hydrogens (tertiary/aromatic N) is 2. The van der Waals surface area contributed by atoms with Crippen molar-refractivity contribution >= 4 is 52.2 Å². The van der Waals surface area contributed by atoms with Gasteiger partial charge in [0.15, 0.2) is 6.29 Å². The Morgan fingerprint density at radius 1 is 1.13 bits per heavy atom. The van der Waals surface area contributed by atoms with Gasteiger partial charge < -0.3 is 24.8 Å². The summed E-state index contributed by atoms with van der Waals surface area (Å²) >= 11 is 7.01. The number of cyclic esters (lactones) is 1. The van der Waals surface area contributed by atoms with Crippen molar-refractivity contribution in [1.82, 2.24) is 5.32 Å². The second-order valence-electron chi connectivity index (χ2n) is 6.72. The number of anilines is 2. The summed E-state index contributed by atoms with van der Waals surface area (Å²) in [6.07, 6.45) is -2.04. The molecular weight excluding hydrogens is 434 g/mol. The Hall–Kier alpha value is -2.66. The normalized spacial score (nSPS) is 21.7. The molecule has 1 aromatic heterocycles. The predicted octanol–water partition coefficient (Wildman–Crippen LogP) is 1.84. The zero-order valence-electron chi connectivity index (χ0n) is 15.6. The summed E-state index contributed by atoms with van der Waals surface area (Å²) in [5, 5.41) is 12.3. The quantitative estimate of drug-likeness (QED) is 0.718. The van der Waals surface area contributed by atoms with Gasteiger partial charge in [0, 0.05) is 11.4 Å². The third kappa shape index (κ3) is 4.41. The van der Waals surface area contributed by atoms with E-state index >= 15 is 0 Å². The van der Waals surface area contributed by atoms with Crippen LogP contribution in [0.4, 0.5) is 16.2 Å². The van der Waals surface area contributed by atoms with Gasteiger partial charge in [-0.25, -0.2) is 4.79 Å². The van der Waals surface area contributed by atoms with Crippen molar-refractivity contribution in [3.63, 3.8) is 0 Å². The third-order valence-electron chi connectivity index (χ3n) is 4.67. The number of ether oxygens (including phenoxy) is 2. The van der Waals surface area contributed by atoms with E-state index in [-0.39, 0.29) is 38.1 Å². The highest BCUT2D eigenvalue weighted by atomic mass is 35.5. The number of hydrogen-bond donors (Lipinski definition) is 2. The first-order chi connectivity index (χ1) is 14.4. The van der Waals surface area contributed by atoms with E-state index in [1.165, 1.54) is 21.1 Å². The highest BCUT2D eigenvalue weighted by Crippen LogP contribution is 2.26. The largest absolute Gasteiger partial charge is 0.442 e. The molecule has 11 heteroatoms. The summed E-state index contributed by atoms with van der Waals surface area (Å²) in [5.41, 5.74) is 1.20. The van der Waals surface area contributed by atoms with Crippen molar-refractivity contribution in [3.05, 3.63) is 45.6 Å². The SMILES string of the molecule is O=C(NCC1CN(c2ccc(N3CC(O)OCC3=O)cc2)C(=O)O1)c1ccc(Cl)s1. The van der Waals surface area contributed by atoms with Crippen molar-refractivity contribution in [2.45, 2.75) is 12.4 Å². The van der Waals surface area contributed by atoms with E-state index in [0.29, 0.717) is 20.6 Å². The van der Waals surface area contributed by atoms with E-state index in [4.69, 9.17) is 21.1 Å². The molecule has 2 aromatic rings. The van der Waals surface area contributed by atoms with Crippen LogP contribution in [0.2, 0.25) is 4.34 Å². The summed E-state index contributed by atoms with van der Waals surface area (Å²) in [5.74, 6) is -0.528. The maximum atomic E-state index is 12.2. The minimum atomic E-state index is -1.03. The third-order valence-corrected chi connectivity index (χ3v) is 5.90. The summed E-state index contributed by atoms with van der Waals surface area (Å²) in [6.45, 7) is 0.307. The molecule has 0 radical (unpaired) electrons. The average molecular weight is 452 g/mol. The zero-order chi connectivity index (χ0) is 21.3. The van der Waals surface area contributed by atoms with Crippen LogP contribution in [0.25, 0.3) is 0 Å². The average Bonchev–Trinajstić information content (AvgIpc) is 3.34. The first kappa shape index (κ1) is 20.6. The summed E-state index contributed by atoms with van der Waals surface area (Å²) in [4.78, 5) is 39.7. The number of carbonyl (C=O) groups is 3. The number of hydrogen-bond acceptors (Lipinski definition) is 7. The molecule has 30 heavy (non-hydrogen) atoms. The number of morpholine rings is 1. The fraction of sp³-hybridized carbons (Fsp3) is 0.316. The Kier molecular flexibility index (Phi) is 5.91. The number of carbonyl (C=O) groups excluding carboxylic acids is 3. The Balaban J connectivity index is 1.36. The van der Waals surface area contributed by atoms with Gasteiger partial charge in [0.05, 0.1) is 28.8 Å². The van der Waals surface area contributed by atoms with Crippen LogP contribution >= 0.6 is 22.9 Å². The molecule has 3 heterocycles. The van der Waals surface area contributed by atoms with Gasteiger partial charge >= 0.3 is 6.09 Å². The van der Waals surface area contributed by atoms with E-state index in [1.54, 1.807) is 36.4 Å². The first-order valence-corrected chi connectivity index (χ1v) is 10.3. The Morgan fingerprint density at radius 2 is 1.83 bits per heavy atom. The lowest BCUT2D eigenvalue weighted by Gasteiger charge is -2.30. The zero-order valence-corrected chi connectivity index (χ0v) is 17.2. The number of amides is 3. The van der Waals surface area contributed by atoms with Crippen molar-refractivity contribution in [2.24, 2.45) is 0 Å². The van der Waals surface area contributed by atoms with Crippen molar-refractivity contribution < 1.29 is 29.0 Å². The highest BCUT2D eigenvalue weighted by Gasteiger charge is 2.33. The van der Waals surface area contributed by atoms with E-state index in [1.807, 2.05) is 0 Å². The number of nitrogens with one attached hydrogen (secondary N) is 1. The molecule has 2 unspecified atom stereocenters. The van der Waals surface area contributed by atoms with E-state index in [2.05, 4.69) is 5.32 Å². The second kappa shape index (κ2) is 8.60. The molecule has 3 amide bonds. The number of aliphatic hydroxyl groups is 1. The Morgan fingerprint density at radius 3 is 2.50 bits per heavy atom. The molecule has 1 aromatic carbocycles. The van der Waals surface area contributed by atoms with Gasteiger partial charge in [-0.1, -0.05) is 11.6 Å². The second-order valence-corrected chi connectivity index (χ2v) is 8.43. The summed E-state index contributed by atoms with van der Waals surface area (Å²) < 4.78 is 10.8. The van der Waals surface area contributed by atoms with E-state index in [0.717, 1.165) is 0 Å². The van der Waals surface area contributed by atoms with Crippen molar-refractivity contribution in [2.75, 3.05) is 36.0 Å². The monoisotopic (exact) mass is 451 g/mol. The van der Waals surface area contributed by atoms with Crippen LogP contribution in [-0.2, 0) is 14.3 Å². The fourth-order valence-electron chi connectivity index (χ4n) is 3.19. The van der Waals surface area contributed by atoms with Crippen LogP contribution in [-0.4, -0.2) is 61.6 Å². The topological polar surface area (TPSA) is 108 Å². The maximum absolute atomic E-state index is 12.2. The van der Waals surface area contributed by atoms with Gasteiger partial charge in [-0.2, -0.15) is 0 Å². The maximum Gasteiger partial charge on any atom is 0.414 e. The first-order valence-electron chi connectivity index (χ1n) is 9.12. The number of benzene rings is 1. The number of halogens is 1. The standard InChI is InChI=1S/C19H18ClN3O6S/c20-15-6-5-14(30-15)18(26)21-7-13-8-23(19(27)29-13)12-3-1-11(2-4-12)22-9-17(25)28-10-16(22)24/h1-6,13,17,25H,7-10H2,(H,21,26). The Labute approximate surface area is 180 Å². The van der Waals surface area contributed by atoms with Crippen molar-refractivity contribution in [3.8, 4) is 0 Å². The number of aliphatic hydroxyl groups excluding tert-OH is 1. The lowest BCUT2D eigenvalue weighted by molar-refractivity contribution is -0.148. The van der Waals surface area contributed by atoms with Crippen LogP contribution < -0.4 is 15.1 Å². The van der Waals surface area contributed by atoms with Crippen LogP contribution in [0.5, 0.6) is 0 Å². The van der Waals surface area contributed by atoms with Gasteiger partial charge in [0.2, 0.25) is 0 Å².